The molecule has 1 fully saturated rings. The van der Waals surface area contributed by atoms with Crippen molar-refractivity contribution in [2.24, 2.45) is 0 Å². The van der Waals surface area contributed by atoms with Gasteiger partial charge in [-0.1, -0.05) is 12.1 Å². The van der Waals surface area contributed by atoms with Crippen molar-refractivity contribution in [3.8, 4) is 0 Å². The molecule has 0 saturated carbocycles. The third-order valence-corrected chi connectivity index (χ3v) is 2.53. The van der Waals surface area contributed by atoms with Crippen molar-refractivity contribution in [3.63, 3.8) is 0 Å². The molecule has 0 aliphatic carbocycles. The highest BCUT2D eigenvalue weighted by atomic mass is 19.1. The van der Waals surface area contributed by atoms with E-state index in [4.69, 9.17) is 0 Å². The second-order valence-electron chi connectivity index (χ2n) is 3.90. The van der Waals surface area contributed by atoms with Crippen LogP contribution in [0.25, 0.3) is 0 Å². The summed E-state index contributed by atoms with van der Waals surface area (Å²) in [6.45, 7) is 4.01. The summed E-state index contributed by atoms with van der Waals surface area (Å²) in [6.07, 6.45) is 0. The molecule has 1 aliphatic heterocycles. The molecule has 1 saturated heterocycles. The van der Waals surface area contributed by atoms with Gasteiger partial charge in [0.2, 0.25) is 0 Å². The summed E-state index contributed by atoms with van der Waals surface area (Å²) in [6, 6.07) is 6.84. The molecule has 14 heavy (non-hydrogen) atoms. The molecule has 0 atom stereocenters. The first-order chi connectivity index (χ1) is 6.74. The third-order valence-electron chi connectivity index (χ3n) is 2.53. The van der Waals surface area contributed by atoms with Crippen LogP contribution in [0.15, 0.2) is 24.3 Å². The smallest absolute Gasteiger partial charge is 0.123 e. The van der Waals surface area contributed by atoms with Crippen LogP contribution in [0.5, 0.6) is 0 Å². The largest absolute Gasteiger partial charge is 0.292 e. The minimum Gasteiger partial charge on any atom is -0.292 e. The molecule has 2 nitrogen and oxygen atoms in total. The van der Waals surface area contributed by atoms with E-state index in [-0.39, 0.29) is 5.82 Å². The second-order valence-corrected chi connectivity index (χ2v) is 3.90. The van der Waals surface area contributed by atoms with Crippen LogP contribution in [0.3, 0.4) is 0 Å². The summed E-state index contributed by atoms with van der Waals surface area (Å²) in [4.78, 5) is 4.58. The first-order valence-electron chi connectivity index (χ1n) is 4.89. The van der Waals surface area contributed by atoms with Gasteiger partial charge in [-0.15, -0.1) is 0 Å². The van der Waals surface area contributed by atoms with Gasteiger partial charge < -0.3 is 0 Å². The molecule has 2 rings (SSSR count). The van der Waals surface area contributed by atoms with E-state index in [0.29, 0.717) is 0 Å². The Bertz CT molecular complexity index is 314. The maximum absolute atomic E-state index is 12.9. The van der Waals surface area contributed by atoms with E-state index in [1.807, 2.05) is 6.07 Å². The standard InChI is InChI=1S/C11H15FN2/c1-13-5-6-14(9-13)8-10-3-2-4-11(12)7-10/h2-4,7H,5-6,8-9H2,1H3. The molecule has 76 valence electrons. The fraction of sp³-hybridized carbons (Fsp3) is 0.455. The summed E-state index contributed by atoms with van der Waals surface area (Å²) in [5.74, 6) is -0.143. The zero-order valence-corrected chi connectivity index (χ0v) is 8.41. The average Bonchev–Trinajstić information content (AvgIpc) is 2.51. The van der Waals surface area contributed by atoms with E-state index in [1.165, 1.54) is 6.07 Å². The molecule has 0 aromatic heterocycles. The first-order valence-corrected chi connectivity index (χ1v) is 4.89. The van der Waals surface area contributed by atoms with Crippen LogP contribution in [0.2, 0.25) is 0 Å². The second kappa shape index (κ2) is 4.07. The van der Waals surface area contributed by atoms with Crippen LogP contribution in [-0.4, -0.2) is 36.6 Å². The summed E-state index contributed by atoms with van der Waals surface area (Å²) in [7, 11) is 2.10. The molecule has 0 unspecified atom stereocenters. The number of hydrogen-bond donors (Lipinski definition) is 0. The predicted molar refractivity (Wildman–Crippen MR) is 54.3 cm³/mol. The highest BCUT2D eigenvalue weighted by Crippen LogP contribution is 2.10. The summed E-state index contributed by atoms with van der Waals surface area (Å²) >= 11 is 0. The van der Waals surface area contributed by atoms with Crippen molar-refractivity contribution < 1.29 is 4.39 Å². The van der Waals surface area contributed by atoms with Crippen molar-refractivity contribution in [1.82, 2.24) is 9.80 Å². The molecule has 1 aromatic rings. The molecular weight excluding hydrogens is 179 g/mol. The summed E-state index contributed by atoms with van der Waals surface area (Å²) < 4.78 is 12.9. The maximum Gasteiger partial charge on any atom is 0.123 e. The monoisotopic (exact) mass is 194 g/mol. The van der Waals surface area contributed by atoms with Crippen molar-refractivity contribution in [1.29, 1.82) is 0 Å². The molecular formula is C11H15FN2. The summed E-state index contributed by atoms with van der Waals surface area (Å²) in [5, 5.41) is 0. The molecule has 1 aromatic carbocycles. The Labute approximate surface area is 83.9 Å². The van der Waals surface area contributed by atoms with Crippen LogP contribution in [0, 0.1) is 5.82 Å². The summed E-state index contributed by atoms with van der Waals surface area (Å²) in [5.41, 5.74) is 1.06. The molecule has 1 aliphatic rings. The van der Waals surface area contributed by atoms with E-state index >= 15 is 0 Å². The number of hydrogen-bond acceptors (Lipinski definition) is 2. The normalized spacial score (nSPS) is 19.0. The fourth-order valence-electron chi connectivity index (χ4n) is 1.82. The van der Waals surface area contributed by atoms with Gasteiger partial charge in [0.15, 0.2) is 0 Å². The van der Waals surface area contributed by atoms with Crippen LogP contribution < -0.4 is 0 Å². The number of benzene rings is 1. The van der Waals surface area contributed by atoms with E-state index in [1.54, 1.807) is 12.1 Å². The Morgan fingerprint density at radius 2 is 2.21 bits per heavy atom. The minimum atomic E-state index is -0.143. The fourth-order valence-corrected chi connectivity index (χ4v) is 1.82. The average molecular weight is 194 g/mol. The lowest BCUT2D eigenvalue weighted by Gasteiger charge is -2.15. The Hall–Kier alpha value is -0.930. The van der Waals surface area contributed by atoms with Crippen LogP contribution in [-0.2, 0) is 6.54 Å². The lowest BCUT2D eigenvalue weighted by Crippen LogP contribution is -2.22. The number of nitrogens with zero attached hydrogens (tertiary/aromatic N) is 2. The Morgan fingerprint density at radius 3 is 2.86 bits per heavy atom. The Balaban J connectivity index is 1.97. The zero-order chi connectivity index (χ0) is 9.97. The quantitative estimate of drug-likeness (QED) is 0.704. The molecule has 0 N–H and O–H groups in total. The molecule has 0 amide bonds. The van der Waals surface area contributed by atoms with Gasteiger partial charge in [-0.3, -0.25) is 9.80 Å². The van der Waals surface area contributed by atoms with Crippen molar-refractivity contribution in [2.75, 3.05) is 26.8 Å². The predicted octanol–water partition coefficient (Wildman–Crippen LogP) is 1.53. The number of likely N-dealkylation sites (N-methyl/N-ethyl adjacent to an activating group) is 1. The van der Waals surface area contributed by atoms with Crippen LogP contribution in [0.4, 0.5) is 4.39 Å². The van der Waals surface area contributed by atoms with Crippen molar-refractivity contribution >= 4 is 0 Å². The highest BCUT2D eigenvalue weighted by molar-refractivity contribution is 5.16. The topological polar surface area (TPSA) is 6.48 Å². The minimum absolute atomic E-state index is 0.143. The SMILES string of the molecule is CN1CCN(Cc2cccc(F)c2)C1. The van der Waals surface area contributed by atoms with Gasteiger partial charge in [0.25, 0.3) is 0 Å². The highest BCUT2D eigenvalue weighted by Gasteiger charge is 2.15. The molecule has 3 heteroatoms. The molecule has 1 heterocycles. The van der Waals surface area contributed by atoms with Gasteiger partial charge in [-0.2, -0.15) is 0 Å². The Morgan fingerprint density at radius 1 is 1.36 bits per heavy atom. The molecule has 0 radical (unpaired) electrons. The Kier molecular flexibility index (Phi) is 2.79. The van der Waals surface area contributed by atoms with Gasteiger partial charge in [-0.05, 0) is 24.7 Å². The molecule has 0 bridgehead atoms. The first kappa shape index (κ1) is 9.62. The van der Waals surface area contributed by atoms with Gasteiger partial charge in [0.1, 0.15) is 5.82 Å². The van der Waals surface area contributed by atoms with Crippen molar-refractivity contribution in [2.45, 2.75) is 6.54 Å². The number of halogens is 1. The van der Waals surface area contributed by atoms with Crippen LogP contribution >= 0.6 is 0 Å². The number of rotatable bonds is 2. The van der Waals surface area contributed by atoms with Gasteiger partial charge in [0.05, 0.1) is 6.67 Å². The van der Waals surface area contributed by atoms with E-state index in [9.17, 15) is 4.39 Å². The maximum atomic E-state index is 12.9. The van der Waals surface area contributed by atoms with E-state index in [0.717, 1.165) is 31.9 Å². The lowest BCUT2D eigenvalue weighted by atomic mass is 10.2. The zero-order valence-electron chi connectivity index (χ0n) is 8.41. The van der Waals surface area contributed by atoms with Gasteiger partial charge >= 0.3 is 0 Å². The van der Waals surface area contributed by atoms with Gasteiger partial charge in [-0.25, -0.2) is 4.39 Å². The molecule has 0 spiro atoms. The van der Waals surface area contributed by atoms with Gasteiger partial charge in [0, 0.05) is 19.6 Å². The lowest BCUT2D eigenvalue weighted by molar-refractivity contribution is 0.268. The third kappa shape index (κ3) is 2.30. The van der Waals surface area contributed by atoms with E-state index < -0.39 is 0 Å². The van der Waals surface area contributed by atoms with E-state index in [2.05, 4.69) is 16.8 Å². The van der Waals surface area contributed by atoms with Crippen molar-refractivity contribution in [3.05, 3.63) is 35.6 Å². The van der Waals surface area contributed by atoms with Crippen LogP contribution in [0.1, 0.15) is 5.56 Å².